The number of rotatable bonds is 5. The zero-order chi connectivity index (χ0) is 23.2. The Kier molecular flexibility index (Phi) is 4.90. The van der Waals surface area contributed by atoms with Crippen LogP contribution in [0.1, 0.15) is 12.2 Å². The SMILES string of the molecule is Cc1nc(-c2cc3ncccc3c(-c3ccn(C4(CC#N)CN(CC(F)(F)F)C4)n3)n2)c[nH]1. The summed E-state index contributed by atoms with van der Waals surface area (Å²) in [6.07, 6.45) is 0.933. The van der Waals surface area contributed by atoms with Crippen molar-refractivity contribution in [3.63, 3.8) is 0 Å². The minimum absolute atomic E-state index is 0.0603. The highest BCUT2D eigenvalue weighted by molar-refractivity contribution is 5.93. The van der Waals surface area contributed by atoms with Crippen molar-refractivity contribution in [1.82, 2.24) is 34.6 Å². The van der Waals surface area contributed by atoms with E-state index in [0.717, 1.165) is 16.7 Å². The summed E-state index contributed by atoms with van der Waals surface area (Å²) in [5, 5.41) is 14.8. The van der Waals surface area contributed by atoms with E-state index in [1.807, 2.05) is 19.1 Å². The van der Waals surface area contributed by atoms with Crippen molar-refractivity contribution < 1.29 is 13.2 Å². The standard InChI is InChI=1S/C22H19F3N8/c1-14-28-10-19(29-14)18-9-17-15(3-2-7-27-17)20(30-18)16-4-8-33(31-16)21(5-6-26)11-32(12-21)13-22(23,24)25/h2-4,7-10H,5,11-13H2,1H3,(H,28,29). The maximum Gasteiger partial charge on any atom is 0.401 e. The summed E-state index contributed by atoms with van der Waals surface area (Å²) in [5.74, 6) is 0.755. The number of fused-ring (bicyclic) bond motifs is 1. The first-order valence-corrected chi connectivity index (χ1v) is 10.3. The van der Waals surface area contributed by atoms with Gasteiger partial charge in [0.2, 0.25) is 0 Å². The minimum atomic E-state index is -4.28. The number of aryl methyl sites for hydroxylation is 1. The van der Waals surface area contributed by atoms with E-state index in [2.05, 4.69) is 26.1 Å². The number of pyridine rings is 2. The third-order valence-electron chi connectivity index (χ3n) is 5.73. The highest BCUT2D eigenvalue weighted by Crippen LogP contribution is 2.36. The van der Waals surface area contributed by atoms with Gasteiger partial charge in [-0.25, -0.2) is 9.97 Å². The molecule has 0 saturated carbocycles. The molecule has 4 aromatic rings. The predicted molar refractivity (Wildman–Crippen MR) is 114 cm³/mol. The Hall–Kier alpha value is -3.78. The molecule has 8 nitrogen and oxygen atoms in total. The van der Waals surface area contributed by atoms with E-state index >= 15 is 0 Å². The van der Waals surface area contributed by atoms with Gasteiger partial charge >= 0.3 is 6.18 Å². The smallest absolute Gasteiger partial charge is 0.348 e. The number of alkyl halides is 3. The lowest BCUT2D eigenvalue weighted by Crippen LogP contribution is -2.64. The van der Waals surface area contributed by atoms with E-state index in [-0.39, 0.29) is 19.5 Å². The van der Waals surface area contributed by atoms with Crippen LogP contribution in [-0.2, 0) is 5.54 Å². The van der Waals surface area contributed by atoms with Crippen molar-refractivity contribution in [1.29, 1.82) is 5.26 Å². The van der Waals surface area contributed by atoms with Crippen molar-refractivity contribution in [2.45, 2.75) is 25.1 Å². The Morgan fingerprint density at radius 3 is 2.70 bits per heavy atom. The second-order valence-corrected chi connectivity index (χ2v) is 8.26. The number of nitrogens with zero attached hydrogens (tertiary/aromatic N) is 7. The molecule has 4 aromatic heterocycles. The van der Waals surface area contributed by atoms with Gasteiger partial charge in [-0.05, 0) is 31.2 Å². The highest BCUT2D eigenvalue weighted by atomic mass is 19.4. The number of hydrogen-bond donors (Lipinski definition) is 1. The zero-order valence-corrected chi connectivity index (χ0v) is 17.6. The van der Waals surface area contributed by atoms with Crippen LogP contribution in [0.3, 0.4) is 0 Å². The first-order chi connectivity index (χ1) is 15.8. The van der Waals surface area contributed by atoms with Crippen LogP contribution in [-0.4, -0.2) is 60.4 Å². The van der Waals surface area contributed by atoms with Gasteiger partial charge in [0.1, 0.15) is 28.4 Å². The molecule has 1 N–H and O–H groups in total. The van der Waals surface area contributed by atoms with Crippen molar-refractivity contribution >= 4 is 10.9 Å². The molecule has 33 heavy (non-hydrogen) atoms. The number of aromatic nitrogens is 6. The number of imidazole rings is 1. The van der Waals surface area contributed by atoms with Crippen LogP contribution in [0.2, 0.25) is 0 Å². The lowest BCUT2D eigenvalue weighted by atomic mass is 9.87. The van der Waals surface area contributed by atoms with Gasteiger partial charge in [-0.15, -0.1) is 0 Å². The molecule has 0 unspecified atom stereocenters. The fourth-order valence-electron chi connectivity index (χ4n) is 4.30. The molecule has 0 aliphatic carbocycles. The van der Waals surface area contributed by atoms with E-state index < -0.39 is 18.3 Å². The van der Waals surface area contributed by atoms with Gasteiger partial charge in [0.15, 0.2) is 0 Å². The summed E-state index contributed by atoms with van der Waals surface area (Å²) >= 11 is 0. The Morgan fingerprint density at radius 2 is 2.00 bits per heavy atom. The summed E-state index contributed by atoms with van der Waals surface area (Å²) in [6.45, 7) is 1.05. The molecular formula is C22H19F3N8. The van der Waals surface area contributed by atoms with Crippen LogP contribution in [0.4, 0.5) is 13.2 Å². The Labute approximate surface area is 186 Å². The first kappa shape index (κ1) is 21.1. The van der Waals surface area contributed by atoms with Gasteiger partial charge in [-0.1, -0.05) is 0 Å². The molecular weight excluding hydrogens is 433 g/mol. The molecule has 1 aliphatic rings. The van der Waals surface area contributed by atoms with Crippen LogP contribution in [0.25, 0.3) is 33.7 Å². The predicted octanol–water partition coefficient (Wildman–Crippen LogP) is 3.68. The number of nitrogens with one attached hydrogen (secondary N) is 1. The maximum atomic E-state index is 12.8. The van der Waals surface area contributed by atoms with Crippen molar-refractivity contribution in [2.75, 3.05) is 19.6 Å². The molecule has 5 rings (SSSR count). The van der Waals surface area contributed by atoms with E-state index in [9.17, 15) is 18.4 Å². The van der Waals surface area contributed by atoms with Crippen molar-refractivity contribution in [2.24, 2.45) is 0 Å². The normalized spacial score (nSPS) is 16.0. The van der Waals surface area contributed by atoms with E-state index in [4.69, 9.17) is 4.98 Å². The highest BCUT2D eigenvalue weighted by Gasteiger charge is 2.48. The van der Waals surface area contributed by atoms with Crippen LogP contribution in [0.15, 0.2) is 42.9 Å². The van der Waals surface area contributed by atoms with Gasteiger partial charge in [-0.2, -0.15) is 23.5 Å². The number of nitriles is 1. The number of H-pyrrole nitrogens is 1. The number of halogens is 3. The Balaban J connectivity index is 1.53. The fraction of sp³-hybridized carbons (Fsp3) is 0.318. The maximum absolute atomic E-state index is 12.8. The number of hydrogen-bond acceptors (Lipinski definition) is 6. The summed E-state index contributed by atoms with van der Waals surface area (Å²) < 4.78 is 39.9. The lowest BCUT2D eigenvalue weighted by Gasteiger charge is -2.49. The van der Waals surface area contributed by atoms with E-state index in [1.165, 1.54) is 4.90 Å². The van der Waals surface area contributed by atoms with E-state index in [0.29, 0.717) is 22.8 Å². The molecule has 1 fully saturated rings. The molecule has 0 aromatic carbocycles. The summed E-state index contributed by atoms with van der Waals surface area (Å²) in [7, 11) is 0. The molecule has 0 spiro atoms. The van der Waals surface area contributed by atoms with Gasteiger partial charge in [0.25, 0.3) is 0 Å². The molecule has 0 radical (unpaired) electrons. The number of aromatic amines is 1. The minimum Gasteiger partial charge on any atom is -0.348 e. The molecule has 11 heteroatoms. The van der Waals surface area contributed by atoms with Crippen LogP contribution < -0.4 is 0 Å². The summed E-state index contributed by atoms with van der Waals surface area (Å²) in [5.41, 5.74) is 2.36. The number of likely N-dealkylation sites (tertiary alicyclic amines) is 1. The average molecular weight is 452 g/mol. The van der Waals surface area contributed by atoms with Gasteiger partial charge in [0.05, 0.1) is 30.2 Å². The summed E-state index contributed by atoms with van der Waals surface area (Å²) in [4.78, 5) is 18.0. The summed E-state index contributed by atoms with van der Waals surface area (Å²) in [6, 6.07) is 9.41. The van der Waals surface area contributed by atoms with Gasteiger partial charge in [0, 0.05) is 37.1 Å². The topological polar surface area (TPSA) is 99.3 Å². The molecule has 0 atom stereocenters. The molecule has 168 valence electrons. The third-order valence-corrected chi connectivity index (χ3v) is 5.73. The molecule has 0 bridgehead atoms. The van der Waals surface area contributed by atoms with Gasteiger partial charge in [-0.3, -0.25) is 14.6 Å². The lowest BCUT2D eigenvalue weighted by molar-refractivity contribution is -0.167. The third kappa shape index (κ3) is 3.93. The monoisotopic (exact) mass is 452 g/mol. The van der Waals surface area contributed by atoms with Crippen molar-refractivity contribution in [3.8, 4) is 28.8 Å². The quantitative estimate of drug-likeness (QED) is 0.496. The molecule has 1 saturated heterocycles. The first-order valence-electron chi connectivity index (χ1n) is 10.3. The molecule has 1 aliphatic heterocycles. The van der Waals surface area contributed by atoms with Crippen LogP contribution in [0.5, 0.6) is 0 Å². The zero-order valence-electron chi connectivity index (χ0n) is 17.6. The van der Waals surface area contributed by atoms with E-state index in [1.54, 1.807) is 35.4 Å². The average Bonchev–Trinajstić information content (AvgIpc) is 3.40. The van der Waals surface area contributed by atoms with Crippen LogP contribution in [0, 0.1) is 18.3 Å². The van der Waals surface area contributed by atoms with Gasteiger partial charge < -0.3 is 4.98 Å². The fourth-order valence-corrected chi connectivity index (χ4v) is 4.30. The second kappa shape index (κ2) is 7.67. The Morgan fingerprint density at radius 1 is 1.18 bits per heavy atom. The second-order valence-electron chi connectivity index (χ2n) is 8.26. The molecule has 5 heterocycles. The molecule has 0 amide bonds. The van der Waals surface area contributed by atoms with Crippen LogP contribution >= 0.6 is 0 Å². The Bertz CT molecular complexity index is 1360. The van der Waals surface area contributed by atoms with Crippen molar-refractivity contribution in [3.05, 3.63) is 48.7 Å². The largest absolute Gasteiger partial charge is 0.401 e.